The van der Waals surface area contributed by atoms with Gasteiger partial charge in [0.15, 0.2) is 5.78 Å². The largest absolute Gasteiger partial charge is 0.458 e. The van der Waals surface area contributed by atoms with Crippen LogP contribution in [-0.2, 0) is 14.3 Å². The van der Waals surface area contributed by atoms with Gasteiger partial charge < -0.3 is 9.64 Å². The van der Waals surface area contributed by atoms with Gasteiger partial charge in [-0.05, 0) is 85.3 Å². The molecule has 6 atom stereocenters. The molecule has 0 radical (unpaired) electrons. The number of benzene rings is 1. The Kier molecular flexibility index (Phi) is 4.54. The van der Waals surface area contributed by atoms with E-state index in [9.17, 15) is 9.59 Å². The standard InChI is InChI=1S/C29H35NO3/c1-17(31)33-29-15-20(29)14-26-24-11-7-19-13-22(32)10-12-23(19)27(24)25(16-28(26,29)2)18-5-8-21(9-6-18)30(3)4/h5-6,8-9,13,20,24-26H,7,10-12,14-16H2,1-4H3/t20-,24-,25+,26-,28-,29-/m0/s1. The van der Waals surface area contributed by atoms with Crippen LogP contribution >= 0.6 is 0 Å². The first-order valence-electron chi connectivity index (χ1n) is 12.7. The van der Waals surface area contributed by atoms with Crippen LogP contribution in [-0.4, -0.2) is 31.4 Å². The minimum absolute atomic E-state index is 0.00858. The molecule has 0 heterocycles. The zero-order chi connectivity index (χ0) is 23.1. The van der Waals surface area contributed by atoms with E-state index < -0.39 is 0 Å². The van der Waals surface area contributed by atoms with Gasteiger partial charge in [0.1, 0.15) is 5.60 Å². The summed E-state index contributed by atoms with van der Waals surface area (Å²) >= 11 is 0. The van der Waals surface area contributed by atoms with Gasteiger partial charge in [-0.1, -0.05) is 24.6 Å². The number of ether oxygens (including phenoxy) is 1. The first-order chi connectivity index (χ1) is 15.7. The quantitative estimate of drug-likeness (QED) is 0.570. The molecule has 4 heteroatoms. The number of ketones is 1. The molecular weight excluding hydrogens is 410 g/mol. The van der Waals surface area contributed by atoms with Gasteiger partial charge in [0.05, 0.1) is 0 Å². The van der Waals surface area contributed by atoms with Gasteiger partial charge in [0, 0.05) is 50.4 Å². The molecule has 0 N–H and O–H groups in total. The zero-order valence-electron chi connectivity index (χ0n) is 20.3. The molecule has 4 nitrogen and oxygen atoms in total. The average Bonchev–Trinajstić information content (AvgIpc) is 3.42. The predicted molar refractivity (Wildman–Crippen MR) is 129 cm³/mol. The third-order valence-corrected chi connectivity index (χ3v) is 9.82. The van der Waals surface area contributed by atoms with Crippen LogP contribution in [0.15, 0.2) is 47.1 Å². The van der Waals surface area contributed by atoms with E-state index in [4.69, 9.17) is 4.74 Å². The maximum atomic E-state index is 12.2. The third kappa shape index (κ3) is 2.95. The van der Waals surface area contributed by atoms with E-state index in [1.807, 2.05) is 6.08 Å². The summed E-state index contributed by atoms with van der Waals surface area (Å²) in [5, 5.41) is 0. The lowest BCUT2D eigenvalue weighted by Gasteiger charge is -2.54. The summed E-state index contributed by atoms with van der Waals surface area (Å²) in [6, 6.07) is 9.06. The molecule has 3 saturated carbocycles. The van der Waals surface area contributed by atoms with E-state index in [2.05, 4.69) is 50.2 Å². The van der Waals surface area contributed by atoms with Crippen LogP contribution in [0.4, 0.5) is 5.69 Å². The Morgan fingerprint density at radius 3 is 2.55 bits per heavy atom. The number of rotatable bonds is 3. The fourth-order valence-electron chi connectivity index (χ4n) is 8.32. The van der Waals surface area contributed by atoms with Gasteiger partial charge in [0.25, 0.3) is 0 Å². The lowest BCUT2D eigenvalue weighted by molar-refractivity contribution is -0.161. The number of carbonyl (C=O) groups is 2. The molecule has 0 aliphatic heterocycles. The molecule has 0 spiro atoms. The fraction of sp³-hybridized carbons (Fsp3) is 0.586. The van der Waals surface area contributed by atoms with E-state index in [-0.39, 0.29) is 22.8 Å². The Morgan fingerprint density at radius 1 is 1.09 bits per heavy atom. The van der Waals surface area contributed by atoms with Crippen LogP contribution < -0.4 is 4.90 Å². The molecule has 1 aromatic rings. The second kappa shape index (κ2) is 7.07. The fourth-order valence-corrected chi connectivity index (χ4v) is 8.32. The minimum Gasteiger partial charge on any atom is -0.458 e. The second-order valence-electron chi connectivity index (χ2n) is 11.6. The van der Waals surface area contributed by atoms with Crippen molar-refractivity contribution in [3.8, 4) is 0 Å². The van der Waals surface area contributed by atoms with Crippen LogP contribution in [0.25, 0.3) is 0 Å². The summed E-state index contributed by atoms with van der Waals surface area (Å²) in [4.78, 5) is 26.5. The molecule has 3 fully saturated rings. The van der Waals surface area contributed by atoms with Crippen molar-refractivity contribution in [2.75, 3.05) is 19.0 Å². The van der Waals surface area contributed by atoms with Crippen molar-refractivity contribution in [2.24, 2.45) is 23.2 Å². The highest BCUT2D eigenvalue weighted by molar-refractivity contribution is 5.93. The van der Waals surface area contributed by atoms with Crippen LogP contribution in [0.3, 0.4) is 0 Å². The molecule has 174 valence electrons. The molecule has 6 rings (SSSR count). The highest BCUT2D eigenvalue weighted by Gasteiger charge is 2.77. The third-order valence-electron chi connectivity index (χ3n) is 9.82. The number of esters is 1. The van der Waals surface area contributed by atoms with Crippen molar-refractivity contribution in [1.82, 2.24) is 0 Å². The molecule has 0 unspecified atom stereocenters. The summed E-state index contributed by atoms with van der Waals surface area (Å²) < 4.78 is 6.16. The SMILES string of the molecule is CC(=O)O[C@@]12C[C@@H]1C[C@H]1[C@@H]3CCC4=CC(=O)CCC4=C3[C@@H](c3ccc(N(C)C)cc3)C[C@@]12C. The number of anilines is 1. The number of fused-ring (bicyclic) bond motifs is 6. The Labute approximate surface area is 197 Å². The Bertz CT molecular complexity index is 1100. The van der Waals surface area contributed by atoms with E-state index in [1.165, 1.54) is 28.8 Å². The zero-order valence-corrected chi connectivity index (χ0v) is 20.3. The van der Waals surface area contributed by atoms with Gasteiger partial charge in [-0.2, -0.15) is 0 Å². The lowest BCUT2D eigenvalue weighted by Crippen LogP contribution is -2.49. The molecule has 5 aliphatic rings. The van der Waals surface area contributed by atoms with Crippen LogP contribution in [0, 0.1) is 23.2 Å². The van der Waals surface area contributed by atoms with E-state index in [1.54, 1.807) is 12.5 Å². The molecular formula is C29H35NO3. The van der Waals surface area contributed by atoms with Crippen molar-refractivity contribution in [1.29, 1.82) is 0 Å². The number of carbonyl (C=O) groups excluding carboxylic acids is 2. The summed E-state index contributed by atoms with van der Waals surface area (Å²) in [5.41, 5.74) is 6.72. The van der Waals surface area contributed by atoms with E-state index >= 15 is 0 Å². The number of hydrogen-bond donors (Lipinski definition) is 0. The predicted octanol–water partition coefficient (Wildman–Crippen LogP) is 5.58. The molecule has 33 heavy (non-hydrogen) atoms. The second-order valence-corrected chi connectivity index (χ2v) is 11.6. The number of hydrogen-bond acceptors (Lipinski definition) is 4. The molecule has 0 bridgehead atoms. The Hall–Kier alpha value is -2.36. The van der Waals surface area contributed by atoms with E-state index in [0.29, 0.717) is 30.1 Å². The van der Waals surface area contributed by atoms with Crippen molar-refractivity contribution < 1.29 is 14.3 Å². The van der Waals surface area contributed by atoms with Gasteiger partial charge in [-0.15, -0.1) is 0 Å². The molecule has 0 saturated heterocycles. The molecule has 0 aromatic heterocycles. The molecule has 1 aromatic carbocycles. The smallest absolute Gasteiger partial charge is 0.303 e. The average molecular weight is 446 g/mol. The summed E-state index contributed by atoms with van der Waals surface area (Å²) in [6.45, 7) is 4.00. The summed E-state index contributed by atoms with van der Waals surface area (Å²) in [6.07, 6.45) is 8.84. The highest BCUT2D eigenvalue weighted by atomic mass is 16.6. The number of nitrogens with zero attached hydrogens (tertiary/aromatic N) is 1. The maximum Gasteiger partial charge on any atom is 0.303 e. The monoisotopic (exact) mass is 445 g/mol. The van der Waals surface area contributed by atoms with Gasteiger partial charge in [-0.3, -0.25) is 9.59 Å². The van der Waals surface area contributed by atoms with Gasteiger partial charge in [-0.25, -0.2) is 0 Å². The molecule has 5 aliphatic carbocycles. The van der Waals surface area contributed by atoms with Crippen molar-refractivity contribution >= 4 is 17.4 Å². The molecule has 0 amide bonds. The van der Waals surface area contributed by atoms with Crippen molar-refractivity contribution in [3.63, 3.8) is 0 Å². The first kappa shape index (κ1) is 21.2. The van der Waals surface area contributed by atoms with E-state index in [0.717, 1.165) is 32.1 Å². The summed E-state index contributed by atoms with van der Waals surface area (Å²) in [7, 11) is 4.15. The number of allylic oxidation sites excluding steroid dienone is 4. The van der Waals surface area contributed by atoms with Crippen LogP contribution in [0.2, 0.25) is 0 Å². The van der Waals surface area contributed by atoms with Crippen molar-refractivity contribution in [3.05, 3.63) is 52.6 Å². The lowest BCUT2D eigenvalue weighted by atomic mass is 9.51. The first-order valence-corrected chi connectivity index (χ1v) is 12.7. The van der Waals surface area contributed by atoms with Crippen LogP contribution in [0.1, 0.15) is 70.3 Å². The Morgan fingerprint density at radius 2 is 1.85 bits per heavy atom. The van der Waals surface area contributed by atoms with Crippen molar-refractivity contribution in [2.45, 2.75) is 70.3 Å². The summed E-state index contributed by atoms with van der Waals surface area (Å²) in [5.74, 6) is 2.09. The minimum atomic E-state index is -0.264. The van der Waals surface area contributed by atoms with Gasteiger partial charge >= 0.3 is 5.97 Å². The Balaban J connectivity index is 1.49. The maximum absolute atomic E-state index is 12.2. The highest BCUT2D eigenvalue weighted by Crippen LogP contribution is 2.77. The topological polar surface area (TPSA) is 46.6 Å². The normalized spacial score (nSPS) is 38.5. The van der Waals surface area contributed by atoms with Crippen LogP contribution in [0.5, 0.6) is 0 Å². The van der Waals surface area contributed by atoms with Gasteiger partial charge in [0.2, 0.25) is 0 Å².